The minimum Gasteiger partial charge on any atom is -0.314 e. The molecule has 0 aliphatic heterocycles. The highest BCUT2D eigenvalue weighted by Gasteiger charge is 2.27. The largest absolute Gasteiger partial charge is 0.314 e. The maximum Gasteiger partial charge on any atom is 0.123 e. The number of halogens is 1. The molecule has 2 unspecified atom stereocenters. The minimum atomic E-state index is -0.109. The maximum atomic E-state index is 13.2. The van der Waals surface area contributed by atoms with Gasteiger partial charge >= 0.3 is 0 Å². The molecular formula is C16H24FN. The third kappa shape index (κ3) is 3.81. The number of benzene rings is 1. The van der Waals surface area contributed by atoms with E-state index in [9.17, 15) is 4.39 Å². The van der Waals surface area contributed by atoms with Crippen LogP contribution in [0.2, 0.25) is 0 Å². The Morgan fingerprint density at radius 1 is 1.28 bits per heavy atom. The average Bonchev–Trinajstić information content (AvgIpc) is 2.74. The van der Waals surface area contributed by atoms with Crippen molar-refractivity contribution in [3.63, 3.8) is 0 Å². The lowest BCUT2D eigenvalue weighted by Crippen LogP contribution is -2.31. The van der Waals surface area contributed by atoms with Crippen LogP contribution in [0.4, 0.5) is 4.39 Å². The summed E-state index contributed by atoms with van der Waals surface area (Å²) in [7, 11) is 0. The Balaban J connectivity index is 1.91. The first-order valence-corrected chi connectivity index (χ1v) is 7.13. The summed E-state index contributed by atoms with van der Waals surface area (Å²) in [5, 5.41) is 3.54. The highest BCUT2D eigenvalue weighted by atomic mass is 19.1. The molecule has 100 valence electrons. The van der Waals surface area contributed by atoms with Gasteiger partial charge in [-0.05, 0) is 55.3 Å². The lowest BCUT2D eigenvalue weighted by atomic mass is 9.89. The summed E-state index contributed by atoms with van der Waals surface area (Å²) in [6, 6.07) is 7.64. The summed E-state index contributed by atoms with van der Waals surface area (Å²) in [5.41, 5.74) is 1.15. The van der Waals surface area contributed by atoms with Crippen molar-refractivity contribution in [2.24, 2.45) is 11.8 Å². The summed E-state index contributed by atoms with van der Waals surface area (Å²) in [4.78, 5) is 0. The van der Waals surface area contributed by atoms with E-state index >= 15 is 0 Å². The van der Waals surface area contributed by atoms with Gasteiger partial charge in [0.05, 0.1) is 0 Å². The van der Waals surface area contributed by atoms with E-state index in [1.54, 1.807) is 6.07 Å². The van der Waals surface area contributed by atoms with Gasteiger partial charge in [-0.2, -0.15) is 0 Å². The first-order chi connectivity index (χ1) is 8.65. The number of hydrogen-bond acceptors (Lipinski definition) is 1. The molecule has 2 heteroatoms. The lowest BCUT2D eigenvalue weighted by Gasteiger charge is -2.21. The van der Waals surface area contributed by atoms with Crippen LogP contribution in [0, 0.1) is 17.7 Å². The van der Waals surface area contributed by atoms with Crippen molar-refractivity contribution in [1.82, 2.24) is 5.32 Å². The molecule has 0 bridgehead atoms. The van der Waals surface area contributed by atoms with Crippen molar-refractivity contribution >= 4 is 0 Å². The molecule has 1 saturated carbocycles. The molecule has 2 atom stereocenters. The monoisotopic (exact) mass is 249 g/mol. The molecule has 1 aromatic rings. The van der Waals surface area contributed by atoms with Gasteiger partial charge in [-0.1, -0.05) is 32.4 Å². The molecule has 0 heterocycles. The quantitative estimate of drug-likeness (QED) is 0.837. The molecule has 0 aromatic heterocycles. The molecule has 1 nitrogen and oxygen atoms in total. The SMILES string of the molecule is CC(C)NCC1CCCC1Cc1cccc(F)c1. The molecule has 0 saturated heterocycles. The van der Waals surface area contributed by atoms with Crippen molar-refractivity contribution < 1.29 is 4.39 Å². The Morgan fingerprint density at radius 2 is 2.06 bits per heavy atom. The van der Waals surface area contributed by atoms with E-state index in [1.165, 1.54) is 25.3 Å². The zero-order valence-electron chi connectivity index (χ0n) is 11.5. The van der Waals surface area contributed by atoms with Gasteiger partial charge in [0, 0.05) is 6.04 Å². The van der Waals surface area contributed by atoms with E-state index in [4.69, 9.17) is 0 Å². The highest BCUT2D eigenvalue weighted by Crippen LogP contribution is 2.33. The molecule has 1 fully saturated rings. The molecule has 1 N–H and O–H groups in total. The third-order valence-corrected chi connectivity index (χ3v) is 3.99. The summed E-state index contributed by atoms with van der Waals surface area (Å²) in [6.07, 6.45) is 4.97. The van der Waals surface area contributed by atoms with Gasteiger partial charge in [-0.25, -0.2) is 4.39 Å². The normalized spacial score (nSPS) is 23.8. The molecule has 1 aliphatic carbocycles. The predicted octanol–water partition coefficient (Wildman–Crippen LogP) is 3.78. The van der Waals surface area contributed by atoms with Gasteiger partial charge in [0.2, 0.25) is 0 Å². The fraction of sp³-hybridized carbons (Fsp3) is 0.625. The smallest absolute Gasteiger partial charge is 0.123 e. The first-order valence-electron chi connectivity index (χ1n) is 7.13. The van der Waals surface area contributed by atoms with Crippen molar-refractivity contribution in [3.05, 3.63) is 35.6 Å². The topological polar surface area (TPSA) is 12.0 Å². The second-order valence-corrected chi connectivity index (χ2v) is 5.85. The van der Waals surface area contributed by atoms with E-state index < -0.39 is 0 Å². The molecule has 1 aliphatic rings. The number of nitrogens with one attached hydrogen (secondary N) is 1. The maximum absolute atomic E-state index is 13.2. The van der Waals surface area contributed by atoms with Crippen LogP contribution in [0.5, 0.6) is 0 Å². The van der Waals surface area contributed by atoms with Crippen LogP contribution in [0.3, 0.4) is 0 Å². The van der Waals surface area contributed by atoms with Crippen LogP contribution in [-0.4, -0.2) is 12.6 Å². The van der Waals surface area contributed by atoms with Crippen LogP contribution in [-0.2, 0) is 6.42 Å². The van der Waals surface area contributed by atoms with E-state index in [1.807, 2.05) is 12.1 Å². The van der Waals surface area contributed by atoms with Gasteiger partial charge in [0.15, 0.2) is 0 Å². The Kier molecular flexibility index (Phi) is 4.76. The molecule has 1 aromatic carbocycles. The molecular weight excluding hydrogens is 225 g/mol. The van der Waals surface area contributed by atoms with Crippen LogP contribution >= 0.6 is 0 Å². The van der Waals surface area contributed by atoms with Crippen LogP contribution < -0.4 is 5.32 Å². The zero-order valence-corrected chi connectivity index (χ0v) is 11.5. The predicted molar refractivity (Wildman–Crippen MR) is 74.1 cm³/mol. The van der Waals surface area contributed by atoms with Crippen LogP contribution in [0.25, 0.3) is 0 Å². The molecule has 0 radical (unpaired) electrons. The Hall–Kier alpha value is -0.890. The van der Waals surface area contributed by atoms with Crippen LogP contribution in [0.15, 0.2) is 24.3 Å². The summed E-state index contributed by atoms with van der Waals surface area (Å²) in [6.45, 7) is 5.49. The fourth-order valence-electron chi connectivity index (χ4n) is 3.00. The Labute approximate surface area is 110 Å². The Morgan fingerprint density at radius 3 is 2.78 bits per heavy atom. The fourth-order valence-corrected chi connectivity index (χ4v) is 3.00. The molecule has 18 heavy (non-hydrogen) atoms. The van der Waals surface area contributed by atoms with Gasteiger partial charge in [-0.3, -0.25) is 0 Å². The molecule has 2 rings (SSSR count). The van der Waals surface area contributed by atoms with Gasteiger partial charge < -0.3 is 5.32 Å². The molecule has 0 spiro atoms. The summed E-state index contributed by atoms with van der Waals surface area (Å²) >= 11 is 0. The Bertz CT molecular complexity index is 375. The average molecular weight is 249 g/mol. The van der Waals surface area contributed by atoms with Crippen molar-refractivity contribution in [2.45, 2.75) is 45.6 Å². The van der Waals surface area contributed by atoms with Crippen molar-refractivity contribution in [3.8, 4) is 0 Å². The van der Waals surface area contributed by atoms with Gasteiger partial charge in [-0.15, -0.1) is 0 Å². The van der Waals surface area contributed by atoms with E-state index in [0.717, 1.165) is 30.4 Å². The minimum absolute atomic E-state index is 0.109. The summed E-state index contributed by atoms with van der Waals surface area (Å²) < 4.78 is 13.2. The zero-order chi connectivity index (χ0) is 13.0. The second kappa shape index (κ2) is 6.33. The van der Waals surface area contributed by atoms with Gasteiger partial charge in [0.25, 0.3) is 0 Å². The van der Waals surface area contributed by atoms with Crippen molar-refractivity contribution in [1.29, 1.82) is 0 Å². The van der Waals surface area contributed by atoms with Crippen molar-refractivity contribution in [2.75, 3.05) is 6.54 Å². The van der Waals surface area contributed by atoms with E-state index in [-0.39, 0.29) is 5.82 Å². The lowest BCUT2D eigenvalue weighted by molar-refractivity contribution is 0.354. The number of rotatable bonds is 5. The van der Waals surface area contributed by atoms with E-state index in [2.05, 4.69) is 19.2 Å². The molecule has 0 amide bonds. The number of hydrogen-bond donors (Lipinski definition) is 1. The van der Waals surface area contributed by atoms with E-state index in [0.29, 0.717) is 6.04 Å². The summed E-state index contributed by atoms with van der Waals surface area (Å²) in [5.74, 6) is 1.37. The standard InChI is InChI=1S/C16H24FN/c1-12(2)18-11-15-7-4-6-14(15)9-13-5-3-8-16(17)10-13/h3,5,8,10,12,14-15,18H,4,6-7,9,11H2,1-2H3. The van der Waals surface area contributed by atoms with Crippen LogP contribution in [0.1, 0.15) is 38.7 Å². The second-order valence-electron chi connectivity index (χ2n) is 5.85. The van der Waals surface area contributed by atoms with Gasteiger partial charge in [0.1, 0.15) is 5.82 Å². The first kappa shape index (κ1) is 13.5. The highest BCUT2D eigenvalue weighted by molar-refractivity contribution is 5.17. The third-order valence-electron chi connectivity index (χ3n) is 3.99.